The molecule has 0 aromatic heterocycles. The zero-order chi connectivity index (χ0) is 13.2. The van der Waals surface area contributed by atoms with Crippen molar-refractivity contribution >= 4 is 41.3 Å². The van der Waals surface area contributed by atoms with Crippen molar-refractivity contribution in [2.24, 2.45) is 0 Å². The summed E-state index contributed by atoms with van der Waals surface area (Å²) in [6, 6.07) is 0. The highest BCUT2D eigenvalue weighted by atomic mass is 127. The third-order valence-corrected chi connectivity index (χ3v) is 8.24. The lowest BCUT2D eigenvalue weighted by atomic mass is 9.99. The standard InChI is InChI=1S/C8H19INO4PS/c1-7(2,9)8(3,4)16(12)10-15(11,13-5)14-6/h1-6H3,(H,10,11). The van der Waals surface area contributed by atoms with E-state index in [1.54, 1.807) is 0 Å². The summed E-state index contributed by atoms with van der Waals surface area (Å²) < 4.78 is 34.9. The Labute approximate surface area is 113 Å². The molecule has 0 aromatic carbocycles. The number of hydrogen-bond acceptors (Lipinski definition) is 4. The minimum Gasteiger partial charge on any atom is -0.300 e. The Kier molecular flexibility index (Phi) is 6.11. The highest BCUT2D eigenvalue weighted by Crippen LogP contribution is 2.45. The van der Waals surface area contributed by atoms with Crippen molar-refractivity contribution in [2.75, 3.05) is 14.2 Å². The first-order valence-electron chi connectivity index (χ1n) is 4.60. The molecule has 0 aliphatic rings. The van der Waals surface area contributed by atoms with E-state index in [1.165, 1.54) is 14.2 Å². The first kappa shape index (κ1) is 17.0. The monoisotopic (exact) mass is 383 g/mol. The molecule has 0 aliphatic carbocycles. The lowest BCUT2D eigenvalue weighted by Gasteiger charge is -2.36. The van der Waals surface area contributed by atoms with E-state index >= 15 is 0 Å². The quantitative estimate of drug-likeness (QED) is 0.435. The summed E-state index contributed by atoms with van der Waals surface area (Å²) in [6.07, 6.45) is 0. The topological polar surface area (TPSA) is 64.6 Å². The molecule has 0 bridgehead atoms. The van der Waals surface area contributed by atoms with Gasteiger partial charge in [0.15, 0.2) is 0 Å². The van der Waals surface area contributed by atoms with Gasteiger partial charge in [-0.1, -0.05) is 22.6 Å². The molecule has 0 fully saturated rings. The van der Waals surface area contributed by atoms with Crippen LogP contribution in [0.4, 0.5) is 0 Å². The van der Waals surface area contributed by atoms with Gasteiger partial charge in [0.25, 0.3) is 0 Å². The molecule has 0 radical (unpaired) electrons. The minimum atomic E-state index is -3.46. The van der Waals surface area contributed by atoms with E-state index in [-0.39, 0.29) is 3.42 Å². The third kappa shape index (κ3) is 4.03. The van der Waals surface area contributed by atoms with Crippen LogP contribution in [-0.4, -0.2) is 26.6 Å². The van der Waals surface area contributed by atoms with Crippen LogP contribution in [0, 0.1) is 0 Å². The molecule has 0 aliphatic heterocycles. The zero-order valence-corrected chi connectivity index (χ0v) is 14.2. The predicted octanol–water partition coefficient (Wildman–Crippen LogP) is 2.63. The molecule has 1 N–H and O–H groups in total. The Morgan fingerprint density at radius 3 is 1.81 bits per heavy atom. The van der Waals surface area contributed by atoms with Crippen molar-refractivity contribution in [1.29, 1.82) is 0 Å². The van der Waals surface area contributed by atoms with E-state index in [9.17, 15) is 8.77 Å². The second-order valence-electron chi connectivity index (χ2n) is 4.21. The molecule has 98 valence electrons. The SMILES string of the molecule is COP(=O)(NS(=O)C(C)(C)C(C)(C)I)OC. The Morgan fingerprint density at radius 1 is 1.19 bits per heavy atom. The fraction of sp³-hybridized carbons (Fsp3) is 1.00. The van der Waals surface area contributed by atoms with E-state index in [0.29, 0.717) is 0 Å². The average Bonchev–Trinajstić information content (AvgIpc) is 2.15. The molecule has 0 rings (SSSR count). The Balaban J connectivity index is 4.91. The summed E-state index contributed by atoms with van der Waals surface area (Å²) >= 11 is 2.21. The van der Waals surface area contributed by atoms with Crippen LogP contribution in [0.2, 0.25) is 0 Å². The fourth-order valence-electron chi connectivity index (χ4n) is 0.585. The lowest BCUT2D eigenvalue weighted by Crippen LogP contribution is -2.47. The van der Waals surface area contributed by atoms with Crippen LogP contribution >= 0.6 is 30.3 Å². The molecular weight excluding hydrogens is 364 g/mol. The molecule has 16 heavy (non-hydrogen) atoms. The maximum absolute atomic E-state index is 12.1. The van der Waals surface area contributed by atoms with Gasteiger partial charge in [0.05, 0.1) is 4.75 Å². The molecule has 0 saturated carbocycles. The van der Waals surface area contributed by atoms with E-state index in [0.717, 1.165) is 0 Å². The molecule has 0 spiro atoms. The fourth-order valence-corrected chi connectivity index (χ4v) is 4.10. The third-order valence-electron chi connectivity index (χ3n) is 2.57. The van der Waals surface area contributed by atoms with E-state index < -0.39 is 23.5 Å². The number of nitrogens with one attached hydrogen (secondary N) is 1. The molecule has 0 saturated heterocycles. The molecule has 0 amide bonds. The van der Waals surface area contributed by atoms with E-state index in [2.05, 4.69) is 27.1 Å². The smallest absolute Gasteiger partial charge is 0.300 e. The van der Waals surface area contributed by atoms with Gasteiger partial charge in [-0.25, -0.2) is 8.77 Å². The highest BCUT2D eigenvalue weighted by Gasteiger charge is 2.43. The maximum atomic E-state index is 12.1. The first-order valence-corrected chi connectivity index (χ1v) is 8.37. The second kappa shape index (κ2) is 5.75. The van der Waals surface area contributed by atoms with Crippen molar-refractivity contribution in [3.8, 4) is 0 Å². The maximum Gasteiger partial charge on any atom is 0.416 e. The van der Waals surface area contributed by atoms with Gasteiger partial charge < -0.3 is 0 Å². The molecule has 0 heterocycles. The summed E-state index contributed by atoms with van der Waals surface area (Å²) in [5.74, 6) is 0. The Bertz CT molecular complexity index is 308. The van der Waals surface area contributed by atoms with E-state index in [4.69, 9.17) is 9.05 Å². The van der Waals surface area contributed by atoms with Gasteiger partial charge >= 0.3 is 7.75 Å². The van der Waals surface area contributed by atoms with Crippen LogP contribution < -0.4 is 4.49 Å². The largest absolute Gasteiger partial charge is 0.416 e. The van der Waals surface area contributed by atoms with Crippen LogP contribution in [0.1, 0.15) is 27.7 Å². The van der Waals surface area contributed by atoms with E-state index in [1.807, 2.05) is 27.7 Å². The summed E-state index contributed by atoms with van der Waals surface area (Å²) in [6.45, 7) is 7.58. The van der Waals surface area contributed by atoms with Gasteiger partial charge in [-0.05, 0) is 27.7 Å². The minimum absolute atomic E-state index is 0.241. The van der Waals surface area contributed by atoms with Crippen LogP contribution in [-0.2, 0) is 24.6 Å². The number of rotatable bonds is 6. The van der Waals surface area contributed by atoms with Gasteiger partial charge in [-0.2, -0.15) is 0 Å². The van der Waals surface area contributed by atoms with Gasteiger partial charge in [0, 0.05) is 17.6 Å². The molecule has 5 nitrogen and oxygen atoms in total. The van der Waals surface area contributed by atoms with Crippen molar-refractivity contribution in [3.05, 3.63) is 0 Å². The van der Waals surface area contributed by atoms with Gasteiger partial charge in [0.1, 0.15) is 11.0 Å². The zero-order valence-electron chi connectivity index (χ0n) is 10.4. The van der Waals surface area contributed by atoms with Crippen molar-refractivity contribution < 1.29 is 17.8 Å². The predicted molar refractivity (Wildman–Crippen MR) is 75.1 cm³/mol. The number of alkyl halides is 1. The number of halogens is 1. The van der Waals surface area contributed by atoms with Crippen molar-refractivity contribution in [3.63, 3.8) is 0 Å². The molecule has 1 unspecified atom stereocenters. The van der Waals surface area contributed by atoms with Crippen LogP contribution in [0.3, 0.4) is 0 Å². The average molecular weight is 383 g/mol. The first-order chi connectivity index (χ1) is 7.00. The Morgan fingerprint density at radius 2 is 1.56 bits per heavy atom. The van der Waals surface area contributed by atoms with Gasteiger partial charge in [-0.3, -0.25) is 9.05 Å². The van der Waals surface area contributed by atoms with Crippen LogP contribution in [0.5, 0.6) is 0 Å². The summed E-state index contributed by atoms with van der Waals surface area (Å²) in [4.78, 5) is 0. The van der Waals surface area contributed by atoms with Gasteiger partial charge in [-0.15, -0.1) is 4.49 Å². The molecular formula is C8H19INO4PS. The van der Waals surface area contributed by atoms with Crippen LogP contribution in [0.25, 0.3) is 0 Å². The van der Waals surface area contributed by atoms with Crippen LogP contribution in [0.15, 0.2) is 0 Å². The normalized spacial score (nSPS) is 16.2. The van der Waals surface area contributed by atoms with Crippen molar-refractivity contribution in [2.45, 2.75) is 35.9 Å². The molecule has 8 heteroatoms. The van der Waals surface area contributed by atoms with Gasteiger partial charge in [0.2, 0.25) is 0 Å². The second-order valence-corrected chi connectivity index (χ2v) is 10.9. The van der Waals surface area contributed by atoms with Crippen molar-refractivity contribution in [1.82, 2.24) is 4.49 Å². The summed E-state index contributed by atoms with van der Waals surface area (Å²) in [5.41, 5.74) is 0. The Hall–Kier alpha value is 0.990. The summed E-state index contributed by atoms with van der Waals surface area (Å²) in [7, 11) is -2.50. The summed E-state index contributed by atoms with van der Waals surface area (Å²) in [5, 5.41) is 0. The molecule has 0 aromatic rings. The number of hydrogen-bond donors (Lipinski definition) is 1. The lowest BCUT2D eigenvalue weighted by molar-refractivity contribution is 0.272. The highest BCUT2D eigenvalue weighted by molar-refractivity contribution is 14.1. The molecule has 1 atom stereocenters.